The lowest BCUT2D eigenvalue weighted by Gasteiger charge is -2.30. The Labute approximate surface area is 206 Å². The van der Waals surface area contributed by atoms with Crippen LogP contribution in [0.3, 0.4) is 0 Å². The van der Waals surface area contributed by atoms with Crippen LogP contribution in [-0.2, 0) is 4.79 Å². The molecule has 2 atom stereocenters. The molecule has 7 nitrogen and oxygen atoms in total. The quantitative estimate of drug-likeness (QED) is 0.387. The third-order valence-corrected chi connectivity index (χ3v) is 9.01. The molecule has 0 aliphatic carbocycles. The maximum Gasteiger partial charge on any atom is 0.319 e. The molecule has 0 spiro atoms. The summed E-state index contributed by atoms with van der Waals surface area (Å²) in [6.07, 6.45) is 2.80. The largest absolute Gasteiger partial charge is 0.461 e. The average Bonchev–Trinajstić information content (AvgIpc) is 3.43. The van der Waals surface area contributed by atoms with Crippen molar-refractivity contribution in [2.24, 2.45) is 0 Å². The van der Waals surface area contributed by atoms with Crippen LogP contribution in [0.4, 0.5) is 14.6 Å². The van der Waals surface area contributed by atoms with Crippen molar-refractivity contribution in [3.63, 3.8) is 0 Å². The van der Waals surface area contributed by atoms with Crippen LogP contribution in [-0.4, -0.2) is 70.3 Å². The van der Waals surface area contributed by atoms with Gasteiger partial charge >= 0.3 is 6.01 Å². The number of fused-ring (bicyclic) bond motifs is 2. The molecule has 1 aromatic heterocycles. The van der Waals surface area contributed by atoms with E-state index in [2.05, 4.69) is 36.1 Å². The van der Waals surface area contributed by atoms with Gasteiger partial charge in [-0.3, -0.25) is 9.69 Å². The average molecular weight is 622 g/mol. The molecule has 1 amide bonds. The summed E-state index contributed by atoms with van der Waals surface area (Å²) in [4.78, 5) is 24.7. The van der Waals surface area contributed by atoms with Crippen molar-refractivity contribution in [2.75, 3.05) is 38.2 Å². The van der Waals surface area contributed by atoms with E-state index < -0.39 is 12.0 Å². The summed E-state index contributed by atoms with van der Waals surface area (Å²) >= 11 is 5.33. The molecular weight excluding hydrogens is 599 g/mol. The summed E-state index contributed by atoms with van der Waals surface area (Å²) < 4.78 is 36.1. The molecule has 1 aromatic carbocycles. The Morgan fingerprint density at radius 3 is 2.97 bits per heavy atom. The number of likely N-dealkylation sites (tertiary alicyclic amines) is 1. The van der Waals surface area contributed by atoms with Crippen LogP contribution >= 0.6 is 38.5 Å². The van der Waals surface area contributed by atoms with Gasteiger partial charge in [0.15, 0.2) is 5.82 Å². The van der Waals surface area contributed by atoms with E-state index in [4.69, 9.17) is 4.74 Å². The lowest BCUT2D eigenvalue weighted by atomic mass is 9.95. The molecular formula is C21H23BrF2IN5O2. The second kappa shape index (κ2) is 8.79. The smallest absolute Gasteiger partial charge is 0.319 e. The van der Waals surface area contributed by atoms with Crippen molar-refractivity contribution >= 4 is 61.1 Å². The minimum absolute atomic E-state index is 0.0447. The number of benzene rings is 1. The Bertz CT molecular complexity index is 1080. The van der Waals surface area contributed by atoms with Gasteiger partial charge in [-0.2, -0.15) is 9.97 Å². The number of nitrogens with zero attached hydrogens (tertiary/aromatic N) is 4. The van der Waals surface area contributed by atoms with Crippen molar-refractivity contribution < 1.29 is 18.3 Å². The summed E-state index contributed by atoms with van der Waals surface area (Å²) in [6, 6.07) is 1.84. The topological polar surface area (TPSA) is 70.6 Å². The highest BCUT2D eigenvalue weighted by Crippen LogP contribution is 2.40. The fourth-order valence-electron chi connectivity index (χ4n) is 5.04. The molecule has 3 aliphatic rings. The van der Waals surface area contributed by atoms with Gasteiger partial charge in [-0.05, 0) is 70.4 Å². The van der Waals surface area contributed by atoms with Crippen molar-refractivity contribution in [3.05, 3.63) is 19.9 Å². The molecule has 172 valence electrons. The number of anilines is 1. The fraction of sp³-hybridized carbons (Fsp3) is 0.571. The van der Waals surface area contributed by atoms with Crippen LogP contribution in [0.25, 0.3) is 10.9 Å². The zero-order valence-electron chi connectivity index (χ0n) is 17.3. The number of aromatic nitrogens is 2. The Morgan fingerprint density at radius 2 is 2.19 bits per heavy atom. The number of nitrogens with one attached hydrogen (secondary N) is 1. The van der Waals surface area contributed by atoms with Gasteiger partial charge in [0.1, 0.15) is 24.1 Å². The normalized spacial score (nSPS) is 25.7. The van der Waals surface area contributed by atoms with Crippen LogP contribution in [0.15, 0.2) is 10.5 Å². The van der Waals surface area contributed by atoms with Gasteiger partial charge in [0, 0.05) is 34.9 Å². The Balaban J connectivity index is 1.45. The van der Waals surface area contributed by atoms with Gasteiger partial charge in [0.2, 0.25) is 5.91 Å². The lowest BCUT2D eigenvalue weighted by Crippen LogP contribution is -2.43. The number of carbonyl (C=O) groups excluding carboxylic acids is 1. The second-order valence-corrected chi connectivity index (χ2v) is 10.7. The van der Waals surface area contributed by atoms with E-state index >= 15 is 4.39 Å². The minimum atomic E-state index is -0.859. The summed E-state index contributed by atoms with van der Waals surface area (Å²) in [5, 5.41) is 3.69. The van der Waals surface area contributed by atoms with E-state index in [0.29, 0.717) is 45.2 Å². The van der Waals surface area contributed by atoms with Gasteiger partial charge in [-0.25, -0.2) is 8.78 Å². The monoisotopic (exact) mass is 621 g/mol. The first kappa shape index (κ1) is 22.5. The van der Waals surface area contributed by atoms with E-state index in [-0.39, 0.29) is 36.2 Å². The highest BCUT2D eigenvalue weighted by molar-refractivity contribution is 14.1. The molecule has 11 heteroatoms. The highest BCUT2D eigenvalue weighted by atomic mass is 127. The van der Waals surface area contributed by atoms with Crippen molar-refractivity contribution in [2.45, 2.75) is 43.8 Å². The summed E-state index contributed by atoms with van der Waals surface area (Å²) in [7, 11) is 0. The number of hydrogen-bond donors (Lipinski definition) is 1. The molecule has 4 heterocycles. The summed E-state index contributed by atoms with van der Waals surface area (Å²) in [5.74, 6) is -0.00680. The first-order valence-electron chi connectivity index (χ1n) is 10.8. The third kappa shape index (κ3) is 4.04. The zero-order valence-corrected chi connectivity index (χ0v) is 21.1. The Morgan fingerprint density at radius 1 is 1.34 bits per heavy atom. The van der Waals surface area contributed by atoms with Gasteiger partial charge in [0.05, 0.1) is 16.7 Å². The second-order valence-electron chi connectivity index (χ2n) is 8.70. The SMILES string of the molecule is O=C1CCCN1CNc1nc(OC[C@@]23CCCN2C[C@H](F)C3)nc2c(F)c(Br)c(I)cc12. The number of rotatable bonds is 6. The van der Waals surface area contributed by atoms with Gasteiger partial charge in [-0.1, -0.05) is 0 Å². The maximum atomic E-state index is 15.1. The molecule has 32 heavy (non-hydrogen) atoms. The molecule has 0 bridgehead atoms. The van der Waals surface area contributed by atoms with E-state index in [1.807, 2.05) is 22.6 Å². The number of amides is 1. The predicted octanol–water partition coefficient (Wildman–Crippen LogP) is 4.08. The van der Waals surface area contributed by atoms with Crippen LogP contribution in [0.2, 0.25) is 0 Å². The van der Waals surface area contributed by atoms with Crippen LogP contribution in [0.1, 0.15) is 32.1 Å². The molecule has 0 saturated carbocycles. The minimum Gasteiger partial charge on any atom is -0.461 e. The molecule has 3 fully saturated rings. The van der Waals surface area contributed by atoms with Gasteiger partial charge < -0.3 is 15.0 Å². The predicted molar refractivity (Wildman–Crippen MR) is 128 cm³/mol. The number of halogens is 4. The van der Waals surface area contributed by atoms with Crippen molar-refractivity contribution in [3.8, 4) is 6.01 Å². The van der Waals surface area contributed by atoms with Crippen molar-refractivity contribution in [1.29, 1.82) is 0 Å². The molecule has 5 rings (SSSR count). The van der Waals surface area contributed by atoms with E-state index in [9.17, 15) is 9.18 Å². The highest BCUT2D eigenvalue weighted by Gasteiger charge is 2.49. The molecule has 1 N–H and O–H groups in total. The van der Waals surface area contributed by atoms with Crippen molar-refractivity contribution in [1.82, 2.24) is 19.8 Å². The van der Waals surface area contributed by atoms with Gasteiger partial charge in [-0.15, -0.1) is 0 Å². The Kier molecular flexibility index (Phi) is 6.16. The van der Waals surface area contributed by atoms with Crippen LogP contribution < -0.4 is 10.1 Å². The summed E-state index contributed by atoms with van der Waals surface area (Å²) in [5.41, 5.74) is -0.216. The number of ether oxygens (including phenoxy) is 1. The number of hydrogen-bond acceptors (Lipinski definition) is 6. The molecule has 0 radical (unpaired) electrons. The van der Waals surface area contributed by atoms with E-state index in [0.717, 1.165) is 25.8 Å². The maximum absolute atomic E-state index is 15.1. The number of carbonyl (C=O) groups is 1. The molecule has 3 aliphatic heterocycles. The molecule has 0 unspecified atom stereocenters. The Hall–Kier alpha value is -1.34. The fourth-order valence-corrected chi connectivity index (χ4v) is 5.89. The van der Waals surface area contributed by atoms with E-state index in [1.54, 1.807) is 11.0 Å². The molecule has 2 aromatic rings. The third-order valence-electron chi connectivity index (χ3n) is 6.65. The zero-order chi connectivity index (χ0) is 22.5. The molecule has 3 saturated heterocycles. The lowest BCUT2D eigenvalue weighted by molar-refractivity contribution is -0.127. The van der Waals surface area contributed by atoms with Crippen LogP contribution in [0, 0.1) is 9.39 Å². The first-order chi connectivity index (χ1) is 15.4. The standard InChI is InChI=1S/C21H23BrF2IN5O2/c22-16-14(25)7-13-18(17(16)24)27-20(28-19(13)26-11-29-5-1-3-15(29)31)32-10-21-4-2-6-30(21)9-12(23)8-21/h7,12H,1-6,8-11H2,(H,26,27,28)/t12-,21+/m1/s1. The van der Waals surface area contributed by atoms with Gasteiger partial charge in [0.25, 0.3) is 0 Å². The summed E-state index contributed by atoms with van der Waals surface area (Å²) in [6.45, 7) is 2.51. The first-order valence-corrected chi connectivity index (χ1v) is 12.6. The van der Waals surface area contributed by atoms with Crippen LogP contribution in [0.5, 0.6) is 6.01 Å². The number of alkyl halides is 1. The van der Waals surface area contributed by atoms with E-state index in [1.165, 1.54) is 0 Å².